The summed E-state index contributed by atoms with van der Waals surface area (Å²) in [5.41, 5.74) is 1.68. The molecule has 0 bridgehead atoms. The van der Waals surface area contributed by atoms with Crippen molar-refractivity contribution in [3.05, 3.63) is 52.5 Å². The number of anilines is 2. The Bertz CT molecular complexity index is 849. The van der Waals surface area contributed by atoms with E-state index in [1.165, 1.54) is 20.1 Å². The van der Waals surface area contributed by atoms with E-state index in [1.54, 1.807) is 37.5 Å². The van der Waals surface area contributed by atoms with E-state index in [4.69, 9.17) is 9.47 Å². The van der Waals surface area contributed by atoms with E-state index in [9.17, 15) is 9.59 Å². The number of nitrogens with one attached hydrogen (secondary N) is 2. The number of carbonyl (C=O) groups excluding carboxylic acids is 2. The summed E-state index contributed by atoms with van der Waals surface area (Å²) in [4.78, 5) is 23.6. The first-order valence-electron chi connectivity index (χ1n) is 7.71. The van der Waals surface area contributed by atoms with Crippen LogP contribution in [0.5, 0.6) is 11.5 Å². The molecule has 2 aromatic carbocycles. The Morgan fingerprint density at radius 1 is 1.00 bits per heavy atom. The zero-order chi connectivity index (χ0) is 19.1. The maximum Gasteiger partial charge on any atom is 0.248 e. The van der Waals surface area contributed by atoms with Crippen LogP contribution < -0.4 is 20.1 Å². The van der Waals surface area contributed by atoms with Crippen LogP contribution in [-0.4, -0.2) is 26.0 Å². The summed E-state index contributed by atoms with van der Waals surface area (Å²) in [7, 11) is 3.09. The van der Waals surface area contributed by atoms with Crippen molar-refractivity contribution in [2.75, 3.05) is 24.9 Å². The van der Waals surface area contributed by atoms with Crippen molar-refractivity contribution < 1.29 is 19.1 Å². The number of carbonyl (C=O) groups is 2. The summed E-state index contributed by atoms with van der Waals surface area (Å²) in [6.07, 6.45) is 3.04. The van der Waals surface area contributed by atoms with Gasteiger partial charge in [0, 0.05) is 29.1 Å². The van der Waals surface area contributed by atoms with Crippen molar-refractivity contribution in [2.45, 2.75) is 6.92 Å². The van der Waals surface area contributed by atoms with Gasteiger partial charge in [-0.1, -0.05) is 15.9 Å². The highest BCUT2D eigenvalue weighted by Crippen LogP contribution is 2.28. The van der Waals surface area contributed by atoms with Crippen molar-refractivity contribution in [3.63, 3.8) is 0 Å². The maximum atomic E-state index is 12.3. The summed E-state index contributed by atoms with van der Waals surface area (Å²) in [6.45, 7) is 1.40. The first kappa shape index (κ1) is 19.5. The molecule has 0 fully saturated rings. The van der Waals surface area contributed by atoms with Crippen LogP contribution in [0.3, 0.4) is 0 Å². The van der Waals surface area contributed by atoms with Gasteiger partial charge in [-0.3, -0.25) is 9.59 Å². The third-order valence-corrected chi connectivity index (χ3v) is 3.89. The minimum atomic E-state index is -0.355. The second-order valence-corrected chi connectivity index (χ2v) is 6.22. The molecule has 0 radical (unpaired) electrons. The lowest BCUT2D eigenvalue weighted by Gasteiger charge is -2.12. The zero-order valence-electron chi connectivity index (χ0n) is 14.6. The molecule has 7 heteroatoms. The fraction of sp³-hybridized carbons (Fsp3) is 0.158. The Balaban J connectivity index is 2.21. The number of hydrogen-bond acceptors (Lipinski definition) is 4. The number of halogens is 1. The van der Waals surface area contributed by atoms with Gasteiger partial charge in [0.1, 0.15) is 11.5 Å². The Kier molecular flexibility index (Phi) is 6.80. The molecule has 0 saturated carbocycles. The zero-order valence-corrected chi connectivity index (χ0v) is 16.2. The van der Waals surface area contributed by atoms with E-state index >= 15 is 0 Å². The monoisotopic (exact) mass is 418 g/mol. The highest BCUT2D eigenvalue weighted by molar-refractivity contribution is 9.10. The topological polar surface area (TPSA) is 76.7 Å². The van der Waals surface area contributed by atoms with E-state index in [0.717, 1.165) is 10.0 Å². The van der Waals surface area contributed by atoms with E-state index in [0.29, 0.717) is 22.9 Å². The third kappa shape index (κ3) is 5.35. The predicted molar refractivity (Wildman–Crippen MR) is 106 cm³/mol. The van der Waals surface area contributed by atoms with Crippen molar-refractivity contribution >= 4 is 45.2 Å². The molecule has 0 atom stereocenters. The molecule has 0 heterocycles. The molecule has 2 amide bonds. The Labute approximate surface area is 160 Å². The van der Waals surface area contributed by atoms with Gasteiger partial charge in [-0.25, -0.2) is 0 Å². The van der Waals surface area contributed by atoms with Gasteiger partial charge in [0.25, 0.3) is 0 Å². The molecule has 2 aromatic rings. The fourth-order valence-corrected chi connectivity index (χ4v) is 2.61. The largest absolute Gasteiger partial charge is 0.497 e. The quantitative estimate of drug-likeness (QED) is 0.692. The highest BCUT2D eigenvalue weighted by Gasteiger charge is 2.09. The number of rotatable bonds is 6. The highest BCUT2D eigenvalue weighted by atomic mass is 79.9. The average Bonchev–Trinajstić information content (AvgIpc) is 2.61. The van der Waals surface area contributed by atoms with Crippen LogP contribution in [0.25, 0.3) is 6.08 Å². The van der Waals surface area contributed by atoms with Gasteiger partial charge in [-0.05, 0) is 36.4 Å². The van der Waals surface area contributed by atoms with E-state index < -0.39 is 0 Å². The molecule has 136 valence electrons. The van der Waals surface area contributed by atoms with Crippen LogP contribution in [-0.2, 0) is 9.59 Å². The smallest absolute Gasteiger partial charge is 0.248 e. The van der Waals surface area contributed by atoms with Crippen LogP contribution in [0.4, 0.5) is 11.4 Å². The minimum Gasteiger partial charge on any atom is -0.497 e. The number of methoxy groups -OCH3 is 2. The molecule has 2 N–H and O–H groups in total. The Morgan fingerprint density at radius 2 is 1.77 bits per heavy atom. The molecule has 0 saturated heterocycles. The fourth-order valence-electron chi connectivity index (χ4n) is 2.23. The lowest BCUT2D eigenvalue weighted by atomic mass is 10.2. The predicted octanol–water partition coefficient (Wildman–Crippen LogP) is 4.08. The summed E-state index contributed by atoms with van der Waals surface area (Å²) in [5, 5.41) is 5.41. The van der Waals surface area contributed by atoms with Crippen LogP contribution in [0.2, 0.25) is 0 Å². The molecule has 0 aliphatic heterocycles. The maximum absolute atomic E-state index is 12.3. The molecule has 0 aromatic heterocycles. The standard InChI is InChI=1S/C19H19BrN2O4/c1-12(23)21-16-7-6-15(25-2)11-17(16)22-19(24)9-4-13-10-14(20)5-8-18(13)26-3/h4-11H,1-3H3,(H,21,23)(H,22,24). The second kappa shape index (κ2) is 9.05. The van der Waals surface area contributed by atoms with E-state index in [2.05, 4.69) is 26.6 Å². The van der Waals surface area contributed by atoms with Crippen LogP contribution in [0.15, 0.2) is 46.9 Å². The molecule has 0 unspecified atom stereocenters. The molecular weight excluding hydrogens is 400 g/mol. The summed E-state index contributed by atoms with van der Waals surface area (Å²) in [6, 6.07) is 10.5. The Morgan fingerprint density at radius 3 is 2.42 bits per heavy atom. The molecule has 6 nitrogen and oxygen atoms in total. The van der Waals surface area contributed by atoms with Crippen LogP contribution in [0, 0.1) is 0 Å². The van der Waals surface area contributed by atoms with E-state index in [1.807, 2.05) is 12.1 Å². The van der Waals surface area contributed by atoms with Crippen molar-refractivity contribution in [3.8, 4) is 11.5 Å². The second-order valence-electron chi connectivity index (χ2n) is 5.30. The molecule has 0 aliphatic carbocycles. The normalized spacial score (nSPS) is 10.5. The summed E-state index contributed by atoms with van der Waals surface area (Å²) < 4.78 is 11.3. The number of ether oxygens (including phenoxy) is 2. The van der Waals surface area contributed by atoms with Gasteiger partial charge in [0.15, 0.2) is 0 Å². The van der Waals surface area contributed by atoms with Gasteiger partial charge in [0.2, 0.25) is 11.8 Å². The van der Waals surface area contributed by atoms with Crippen LogP contribution in [0.1, 0.15) is 12.5 Å². The van der Waals surface area contributed by atoms with Gasteiger partial charge < -0.3 is 20.1 Å². The van der Waals surface area contributed by atoms with Gasteiger partial charge in [-0.2, -0.15) is 0 Å². The number of hydrogen-bond donors (Lipinski definition) is 2. The SMILES string of the molecule is COc1ccc(NC(C)=O)c(NC(=O)C=Cc2cc(Br)ccc2OC)c1. The van der Waals surface area contributed by atoms with Crippen LogP contribution >= 0.6 is 15.9 Å². The lowest BCUT2D eigenvalue weighted by Crippen LogP contribution is -2.13. The molecule has 0 spiro atoms. The lowest BCUT2D eigenvalue weighted by molar-refractivity contribution is -0.114. The van der Waals surface area contributed by atoms with Gasteiger partial charge in [-0.15, -0.1) is 0 Å². The third-order valence-electron chi connectivity index (χ3n) is 3.40. The number of amides is 2. The molecular formula is C19H19BrN2O4. The molecule has 26 heavy (non-hydrogen) atoms. The van der Waals surface area contributed by atoms with Gasteiger partial charge >= 0.3 is 0 Å². The van der Waals surface area contributed by atoms with E-state index in [-0.39, 0.29) is 11.8 Å². The van der Waals surface area contributed by atoms with Gasteiger partial charge in [0.05, 0.1) is 25.6 Å². The first-order valence-corrected chi connectivity index (χ1v) is 8.50. The molecule has 0 aliphatic rings. The summed E-state index contributed by atoms with van der Waals surface area (Å²) >= 11 is 3.39. The first-order chi connectivity index (χ1) is 12.4. The molecule has 2 rings (SSSR count). The minimum absolute atomic E-state index is 0.236. The number of benzene rings is 2. The Hall–Kier alpha value is -2.80. The average molecular weight is 419 g/mol. The summed E-state index contributed by atoms with van der Waals surface area (Å²) in [5.74, 6) is 0.622. The van der Waals surface area contributed by atoms with Crippen molar-refractivity contribution in [2.24, 2.45) is 0 Å². The van der Waals surface area contributed by atoms with Crippen molar-refractivity contribution in [1.82, 2.24) is 0 Å². The van der Waals surface area contributed by atoms with Crippen molar-refractivity contribution in [1.29, 1.82) is 0 Å².